The third-order valence-electron chi connectivity index (χ3n) is 5.05. The van der Waals surface area contributed by atoms with Crippen molar-refractivity contribution in [2.24, 2.45) is 0 Å². The maximum atomic E-state index is 12.4. The van der Waals surface area contributed by atoms with Gasteiger partial charge in [0, 0.05) is 43.3 Å². The zero-order valence-electron chi connectivity index (χ0n) is 16.7. The quantitative estimate of drug-likeness (QED) is 0.343. The minimum absolute atomic E-state index is 0.00481. The number of barbiturate groups is 1. The monoisotopic (exact) mass is 396 g/mol. The van der Waals surface area contributed by atoms with Gasteiger partial charge < -0.3 is 4.57 Å². The smallest absolute Gasteiger partial charge is 0.318 e. The number of nitrogens with zero attached hydrogens (tertiary/aromatic N) is 4. The highest BCUT2D eigenvalue weighted by molar-refractivity contribution is 6.30. The molecule has 1 aliphatic heterocycles. The number of hydrogen-bond acceptors (Lipinski definition) is 5. The summed E-state index contributed by atoms with van der Waals surface area (Å²) in [6.45, 7) is 5.47. The average Bonchev–Trinajstić information content (AvgIpc) is 2.95. The normalized spacial score (nSPS) is 14.7. The van der Waals surface area contributed by atoms with Gasteiger partial charge in [-0.15, -0.1) is 0 Å². The first kappa shape index (κ1) is 20.0. The van der Waals surface area contributed by atoms with E-state index in [1.807, 2.05) is 24.5 Å². The summed E-state index contributed by atoms with van der Waals surface area (Å²) >= 11 is 0. The molecule has 0 atom stereocenters. The number of carbonyl (C=O) groups is 3. The molecule has 9 heteroatoms. The van der Waals surface area contributed by atoms with Crippen LogP contribution < -0.4 is 0 Å². The molecule has 0 N–H and O–H groups in total. The van der Waals surface area contributed by atoms with Gasteiger partial charge in [-0.2, -0.15) is 0 Å². The summed E-state index contributed by atoms with van der Waals surface area (Å²) in [7, 11) is 2.65. The lowest BCUT2D eigenvalue weighted by Crippen LogP contribution is -2.52. The second kappa shape index (κ2) is 7.01. The highest BCUT2D eigenvalue weighted by atomic mass is 16.6. The van der Waals surface area contributed by atoms with E-state index < -0.39 is 22.8 Å². The van der Waals surface area contributed by atoms with Crippen LogP contribution in [0.4, 0.5) is 10.5 Å². The van der Waals surface area contributed by atoms with E-state index in [0.717, 1.165) is 32.4 Å². The van der Waals surface area contributed by atoms with Gasteiger partial charge in [-0.05, 0) is 50.1 Å². The Morgan fingerprint density at radius 1 is 0.966 bits per heavy atom. The van der Waals surface area contributed by atoms with Crippen molar-refractivity contribution in [3.8, 4) is 5.69 Å². The van der Waals surface area contributed by atoms with E-state index in [1.54, 1.807) is 13.0 Å². The van der Waals surface area contributed by atoms with Gasteiger partial charge in [0.25, 0.3) is 17.5 Å². The maximum absolute atomic E-state index is 12.4. The molecule has 9 nitrogen and oxygen atoms in total. The Bertz CT molecular complexity index is 1090. The number of urea groups is 1. The molecule has 29 heavy (non-hydrogen) atoms. The summed E-state index contributed by atoms with van der Waals surface area (Å²) in [5.74, 6) is -1.32. The predicted molar refractivity (Wildman–Crippen MR) is 106 cm³/mol. The minimum atomic E-state index is -0.677. The van der Waals surface area contributed by atoms with Gasteiger partial charge >= 0.3 is 6.03 Å². The Kier molecular flexibility index (Phi) is 4.83. The SMILES string of the molecule is Cc1cc([N+](=O)[O-])ccc1-n1c(C)cc(C=C2C(=O)N(C)C(=O)N(C)C2=O)c1C. The molecule has 1 saturated heterocycles. The number of aryl methyl sites for hydroxylation is 2. The lowest BCUT2D eigenvalue weighted by Gasteiger charge is -2.28. The van der Waals surface area contributed by atoms with Gasteiger partial charge in [0.1, 0.15) is 5.57 Å². The number of nitro groups is 1. The summed E-state index contributed by atoms with van der Waals surface area (Å²) < 4.78 is 1.90. The fourth-order valence-corrected chi connectivity index (χ4v) is 3.44. The molecule has 1 aliphatic rings. The van der Waals surface area contributed by atoms with Gasteiger partial charge in [0.2, 0.25) is 0 Å². The minimum Gasteiger partial charge on any atom is -0.318 e. The van der Waals surface area contributed by atoms with Crippen molar-refractivity contribution >= 4 is 29.6 Å². The lowest BCUT2D eigenvalue weighted by atomic mass is 10.1. The number of imide groups is 2. The third kappa shape index (κ3) is 3.20. The highest BCUT2D eigenvalue weighted by Gasteiger charge is 2.38. The summed E-state index contributed by atoms with van der Waals surface area (Å²) in [6.07, 6.45) is 1.48. The number of nitro benzene ring substituents is 1. The van der Waals surface area contributed by atoms with Crippen LogP contribution in [0.1, 0.15) is 22.5 Å². The van der Waals surface area contributed by atoms with E-state index in [0.29, 0.717) is 5.56 Å². The van der Waals surface area contributed by atoms with Gasteiger partial charge in [0.05, 0.1) is 4.92 Å². The molecule has 0 bridgehead atoms. The van der Waals surface area contributed by atoms with Crippen LogP contribution in [0.2, 0.25) is 0 Å². The number of non-ortho nitro benzene ring substituents is 1. The van der Waals surface area contributed by atoms with Crippen LogP contribution in [0.15, 0.2) is 29.8 Å². The first-order valence-corrected chi connectivity index (χ1v) is 8.80. The first-order chi connectivity index (χ1) is 13.5. The van der Waals surface area contributed by atoms with Gasteiger partial charge in [-0.3, -0.25) is 29.5 Å². The molecule has 1 fully saturated rings. The largest absolute Gasteiger partial charge is 0.333 e. The van der Waals surface area contributed by atoms with Crippen LogP contribution in [-0.2, 0) is 9.59 Å². The van der Waals surface area contributed by atoms with Crippen molar-refractivity contribution in [2.75, 3.05) is 14.1 Å². The number of rotatable bonds is 3. The van der Waals surface area contributed by atoms with Crippen molar-refractivity contribution in [3.63, 3.8) is 0 Å². The number of carbonyl (C=O) groups excluding carboxylic acids is 3. The molecule has 2 aromatic rings. The Balaban J connectivity index is 2.10. The van der Waals surface area contributed by atoms with Crippen LogP contribution in [0, 0.1) is 30.9 Å². The molecule has 1 aromatic heterocycles. The van der Waals surface area contributed by atoms with Crippen LogP contribution in [0.5, 0.6) is 0 Å². The molecule has 4 amide bonds. The summed E-state index contributed by atoms with van der Waals surface area (Å²) in [5.41, 5.74) is 3.62. The van der Waals surface area contributed by atoms with Crippen LogP contribution in [0.25, 0.3) is 11.8 Å². The number of amides is 4. The summed E-state index contributed by atoms with van der Waals surface area (Å²) in [6, 6.07) is 5.74. The van der Waals surface area contributed by atoms with E-state index in [-0.39, 0.29) is 11.3 Å². The van der Waals surface area contributed by atoms with E-state index in [1.165, 1.54) is 32.3 Å². The Morgan fingerprint density at radius 2 is 1.55 bits per heavy atom. The number of hydrogen-bond donors (Lipinski definition) is 0. The second-order valence-electron chi connectivity index (χ2n) is 6.96. The number of benzene rings is 1. The summed E-state index contributed by atoms with van der Waals surface area (Å²) in [4.78, 5) is 49.1. The van der Waals surface area contributed by atoms with E-state index >= 15 is 0 Å². The number of aromatic nitrogens is 1. The van der Waals surface area contributed by atoms with Crippen molar-refractivity contribution in [3.05, 3.63) is 62.5 Å². The van der Waals surface area contributed by atoms with E-state index in [2.05, 4.69) is 0 Å². The molecule has 150 valence electrons. The third-order valence-corrected chi connectivity index (χ3v) is 5.05. The average molecular weight is 396 g/mol. The molecule has 0 radical (unpaired) electrons. The van der Waals surface area contributed by atoms with Crippen LogP contribution in [-0.4, -0.2) is 51.2 Å². The number of likely N-dealkylation sites (N-methyl/N-ethyl adjacent to an activating group) is 2. The van der Waals surface area contributed by atoms with Gasteiger partial charge in [0.15, 0.2) is 0 Å². The fourth-order valence-electron chi connectivity index (χ4n) is 3.44. The lowest BCUT2D eigenvalue weighted by molar-refractivity contribution is -0.384. The van der Waals surface area contributed by atoms with Crippen molar-refractivity contribution in [2.45, 2.75) is 20.8 Å². The van der Waals surface area contributed by atoms with Crippen LogP contribution >= 0.6 is 0 Å². The van der Waals surface area contributed by atoms with Gasteiger partial charge in [-0.25, -0.2) is 4.79 Å². The van der Waals surface area contributed by atoms with Gasteiger partial charge in [-0.1, -0.05) is 0 Å². The molecular formula is C20H20N4O5. The van der Waals surface area contributed by atoms with E-state index in [4.69, 9.17) is 0 Å². The Hall–Kier alpha value is -3.75. The van der Waals surface area contributed by atoms with Crippen LogP contribution in [0.3, 0.4) is 0 Å². The highest BCUT2D eigenvalue weighted by Crippen LogP contribution is 2.28. The van der Waals surface area contributed by atoms with Crippen molar-refractivity contribution in [1.82, 2.24) is 14.4 Å². The Morgan fingerprint density at radius 3 is 2.07 bits per heavy atom. The first-order valence-electron chi connectivity index (χ1n) is 8.80. The van der Waals surface area contributed by atoms with E-state index in [9.17, 15) is 24.5 Å². The molecule has 0 spiro atoms. The zero-order chi connectivity index (χ0) is 21.6. The molecule has 0 saturated carbocycles. The zero-order valence-corrected chi connectivity index (χ0v) is 16.7. The van der Waals surface area contributed by atoms with Crippen molar-refractivity contribution < 1.29 is 19.3 Å². The Labute approximate surface area is 167 Å². The standard InChI is InChI=1S/C20H20N4O5/c1-11-8-15(24(28)29)6-7-17(11)23-12(2)9-14(13(23)3)10-16-18(25)21(4)20(27)22(5)19(16)26/h6-10H,1-5H3. The molecule has 2 heterocycles. The molecular weight excluding hydrogens is 376 g/mol. The second-order valence-corrected chi connectivity index (χ2v) is 6.96. The predicted octanol–water partition coefficient (Wildman–Crippen LogP) is 2.74. The maximum Gasteiger partial charge on any atom is 0.333 e. The molecule has 3 rings (SSSR count). The fraction of sp³-hybridized carbons (Fsp3) is 0.250. The topological polar surface area (TPSA) is 106 Å². The van der Waals surface area contributed by atoms with Crippen molar-refractivity contribution in [1.29, 1.82) is 0 Å². The summed E-state index contributed by atoms with van der Waals surface area (Å²) in [5, 5.41) is 11.0. The molecule has 0 aliphatic carbocycles. The molecule has 0 unspecified atom stereocenters. The molecule has 1 aromatic carbocycles.